The summed E-state index contributed by atoms with van der Waals surface area (Å²) in [4.78, 5) is 0. The van der Waals surface area contributed by atoms with Crippen LogP contribution >= 0.6 is 0 Å². The Labute approximate surface area is 129 Å². The SMILES string of the molecule is CCCCC1CCC(C2CCC(/C=C(/F)C#N)CC2)CC1. The van der Waals surface area contributed by atoms with Crippen LogP contribution in [-0.2, 0) is 0 Å². The van der Waals surface area contributed by atoms with Gasteiger partial charge in [-0.05, 0) is 68.3 Å². The summed E-state index contributed by atoms with van der Waals surface area (Å²) in [5, 5.41) is 8.51. The summed E-state index contributed by atoms with van der Waals surface area (Å²) in [5.41, 5.74) is 0. The van der Waals surface area contributed by atoms with Crippen molar-refractivity contribution in [1.29, 1.82) is 5.26 Å². The van der Waals surface area contributed by atoms with Crippen LogP contribution < -0.4 is 0 Å². The topological polar surface area (TPSA) is 23.8 Å². The van der Waals surface area contributed by atoms with Crippen LogP contribution in [0.3, 0.4) is 0 Å². The first-order chi connectivity index (χ1) is 10.2. The van der Waals surface area contributed by atoms with Crippen LogP contribution in [0.15, 0.2) is 11.9 Å². The molecule has 2 heteroatoms. The highest BCUT2D eigenvalue weighted by Crippen LogP contribution is 2.42. The van der Waals surface area contributed by atoms with Gasteiger partial charge in [0, 0.05) is 0 Å². The van der Waals surface area contributed by atoms with E-state index >= 15 is 0 Å². The molecule has 0 unspecified atom stereocenters. The normalized spacial score (nSPS) is 34.4. The molecule has 0 aliphatic heterocycles. The van der Waals surface area contributed by atoms with Crippen molar-refractivity contribution in [2.24, 2.45) is 23.7 Å². The lowest BCUT2D eigenvalue weighted by atomic mass is 9.68. The van der Waals surface area contributed by atoms with Crippen LogP contribution in [-0.4, -0.2) is 0 Å². The van der Waals surface area contributed by atoms with Crippen molar-refractivity contribution in [1.82, 2.24) is 0 Å². The maximum Gasteiger partial charge on any atom is 0.196 e. The molecule has 0 heterocycles. The molecule has 2 rings (SSSR count). The Morgan fingerprint density at radius 3 is 2.14 bits per heavy atom. The van der Waals surface area contributed by atoms with Gasteiger partial charge in [-0.1, -0.05) is 39.0 Å². The van der Waals surface area contributed by atoms with Crippen LogP contribution in [0.25, 0.3) is 0 Å². The molecule has 118 valence electrons. The van der Waals surface area contributed by atoms with Crippen molar-refractivity contribution in [2.75, 3.05) is 0 Å². The average molecular weight is 291 g/mol. The smallest absolute Gasteiger partial charge is 0.195 e. The van der Waals surface area contributed by atoms with Gasteiger partial charge in [-0.3, -0.25) is 0 Å². The number of rotatable bonds is 5. The Morgan fingerprint density at radius 1 is 1.05 bits per heavy atom. The van der Waals surface area contributed by atoms with Crippen LogP contribution in [0, 0.1) is 35.0 Å². The van der Waals surface area contributed by atoms with E-state index in [0.717, 1.165) is 30.6 Å². The summed E-state index contributed by atoms with van der Waals surface area (Å²) in [6, 6.07) is 1.60. The van der Waals surface area contributed by atoms with E-state index in [9.17, 15) is 4.39 Å². The van der Waals surface area contributed by atoms with Crippen molar-refractivity contribution in [3.05, 3.63) is 11.9 Å². The minimum atomic E-state index is -0.588. The summed E-state index contributed by atoms with van der Waals surface area (Å²) in [6.07, 6.45) is 16.1. The Balaban J connectivity index is 1.71. The molecule has 0 amide bonds. The molecule has 0 atom stereocenters. The fourth-order valence-corrected chi connectivity index (χ4v) is 4.47. The standard InChI is InChI=1S/C19H30FN/c1-2-3-4-15-5-9-17(10-6-15)18-11-7-16(8-12-18)13-19(20)14-21/h13,15-18H,2-12H2,1H3/b19-13+. The van der Waals surface area contributed by atoms with Gasteiger partial charge in [0.15, 0.2) is 5.83 Å². The second kappa shape index (κ2) is 8.57. The molecule has 0 saturated heterocycles. The number of allylic oxidation sites excluding steroid dienone is 2. The highest BCUT2D eigenvalue weighted by molar-refractivity contribution is 5.13. The number of hydrogen-bond acceptors (Lipinski definition) is 1. The lowest BCUT2D eigenvalue weighted by molar-refractivity contribution is 0.151. The third kappa shape index (κ3) is 5.13. The average Bonchev–Trinajstić information content (AvgIpc) is 2.54. The van der Waals surface area contributed by atoms with Gasteiger partial charge < -0.3 is 0 Å². The molecule has 1 nitrogen and oxygen atoms in total. The second-order valence-electron chi connectivity index (χ2n) is 7.22. The molecule has 2 fully saturated rings. The molecule has 0 aromatic heterocycles. The molecule has 2 aliphatic rings. The van der Waals surface area contributed by atoms with Gasteiger partial charge in [0.25, 0.3) is 0 Å². The molecule has 0 spiro atoms. The second-order valence-corrected chi connectivity index (χ2v) is 7.22. The maximum absolute atomic E-state index is 13.0. The van der Waals surface area contributed by atoms with Gasteiger partial charge in [0.1, 0.15) is 6.07 Å². The monoisotopic (exact) mass is 291 g/mol. The van der Waals surface area contributed by atoms with Gasteiger partial charge in [-0.15, -0.1) is 0 Å². The third-order valence-corrected chi connectivity index (χ3v) is 5.83. The van der Waals surface area contributed by atoms with Crippen molar-refractivity contribution in [2.45, 2.75) is 77.6 Å². The van der Waals surface area contributed by atoms with E-state index in [-0.39, 0.29) is 0 Å². The van der Waals surface area contributed by atoms with E-state index in [1.165, 1.54) is 57.8 Å². The van der Waals surface area contributed by atoms with Gasteiger partial charge in [0.05, 0.1) is 0 Å². The molecular formula is C19H30FN. The lowest BCUT2D eigenvalue weighted by Gasteiger charge is -2.37. The van der Waals surface area contributed by atoms with Crippen molar-refractivity contribution in [3.8, 4) is 6.07 Å². The van der Waals surface area contributed by atoms with Crippen molar-refractivity contribution in [3.63, 3.8) is 0 Å². The fourth-order valence-electron chi connectivity index (χ4n) is 4.47. The molecule has 2 saturated carbocycles. The molecule has 0 N–H and O–H groups in total. The summed E-state index contributed by atoms with van der Waals surface area (Å²) < 4.78 is 13.0. The van der Waals surface area contributed by atoms with Crippen LogP contribution in [0.4, 0.5) is 4.39 Å². The molecule has 0 radical (unpaired) electrons. The molecule has 21 heavy (non-hydrogen) atoms. The molecule has 0 bridgehead atoms. The van der Waals surface area contributed by atoms with E-state index in [4.69, 9.17) is 5.26 Å². The van der Waals surface area contributed by atoms with Crippen LogP contribution in [0.1, 0.15) is 77.6 Å². The predicted octanol–water partition coefficient (Wildman–Crippen LogP) is 6.17. The molecular weight excluding hydrogens is 261 g/mol. The first-order valence-electron chi connectivity index (χ1n) is 9.00. The Bertz CT molecular complexity index is 366. The first kappa shape index (κ1) is 16.5. The summed E-state index contributed by atoms with van der Waals surface area (Å²) in [6.45, 7) is 2.29. The largest absolute Gasteiger partial charge is 0.196 e. The van der Waals surface area contributed by atoms with Gasteiger partial charge in [-0.2, -0.15) is 9.65 Å². The minimum absolute atomic E-state index is 0.307. The summed E-state index contributed by atoms with van der Waals surface area (Å²) in [7, 11) is 0. The van der Waals surface area contributed by atoms with E-state index in [0.29, 0.717) is 5.92 Å². The number of nitrogens with zero attached hydrogens (tertiary/aromatic N) is 1. The zero-order valence-electron chi connectivity index (χ0n) is 13.5. The van der Waals surface area contributed by atoms with Gasteiger partial charge >= 0.3 is 0 Å². The highest BCUT2D eigenvalue weighted by Gasteiger charge is 2.30. The number of nitriles is 1. The van der Waals surface area contributed by atoms with E-state index < -0.39 is 5.83 Å². The number of unbranched alkanes of at least 4 members (excludes halogenated alkanes) is 1. The summed E-state index contributed by atoms with van der Waals surface area (Å²) in [5.74, 6) is 2.50. The first-order valence-corrected chi connectivity index (χ1v) is 9.00. The highest BCUT2D eigenvalue weighted by atomic mass is 19.1. The van der Waals surface area contributed by atoms with Crippen molar-refractivity contribution >= 4 is 0 Å². The van der Waals surface area contributed by atoms with Gasteiger partial charge in [-0.25, -0.2) is 0 Å². The molecule has 0 aromatic rings. The Hall–Kier alpha value is -0.840. The fraction of sp³-hybridized carbons (Fsp3) is 0.842. The lowest BCUT2D eigenvalue weighted by Crippen LogP contribution is -2.25. The van der Waals surface area contributed by atoms with Gasteiger partial charge in [0.2, 0.25) is 0 Å². The van der Waals surface area contributed by atoms with E-state index in [1.54, 1.807) is 12.1 Å². The summed E-state index contributed by atoms with van der Waals surface area (Å²) >= 11 is 0. The maximum atomic E-state index is 13.0. The van der Waals surface area contributed by atoms with E-state index in [1.807, 2.05) is 0 Å². The predicted molar refractivity (Wildman–Crippen MR) is 85.2 cm³/mol. The number of halogens is 1. The van der Waals surface area contributed by atoms with Crippen LogP contribution in [0.5, 0.6) is 0 Å². The van der Waals surface area contributed by atoms with Crippen LogP contribution in [0.2, 0.25) is 0 Å². The quantitative estimate of drug-likeness (QED) is 0.556. The molecule has 2 aliphatic carbocycles. The minimum Gasteiger partial charge on any atom is -0.195 e. The van der Waals surface area contributed by atoms with Crippen molar-refractivity contribution < 1.29 is 4.39 Å². The number of hydrogen-bond donors (Lipinski definition) is 0. The third-order valence-electron chi connectivity index (χ3n) is 5.83. The molecule has 0 aromatic carbocycles. The zero-order valence-corrected chi connectivity index (χ0v) is 13.5. The van der Waals surface area contributed by atoms with E-state index in [2.05, 4.69) is 6.92 Å². The Morgan fingerprint density at radius 2 is 1.62 bits per heavy atom. The Kier molecular flexibility index (Phi) is 6.74. The zero-order chi connectivity index (χ0) is 15.1.